The average Bonchev–Trinajstić information content (AvgIpc) is 2.94. The number of hydrogen-bond acceptors (Lipinski definition) is 4. The molecule has 0 bridgehead atoms. The Kier molecular flexibility index (Phi) is 3.99. The first-order valence-corrected chi connectivity index (χ1v) is 7.80. The fourth-order valence-electron chi connectivity index (χ4n) is 3.60. The van der Waals surface area contributed by atoms with E-state index in [0.717, 1.165) is 36.7 Å². The normalized spacial score (nSPS) is 25.9. The van der Waals surface area contributed by atoms with E-state index in [1.165, 1.54) is 12.8 Å². The van der Waals surface area contributed by atoms with Gasteiger partial charge in [-0.25, -0.2) is 0 Å². The van der Waals surface area contributed by atoms with Crippen molar-refractivity contribution >= 4 is 11.6 Å². The number of anilines is 1. The molecule has 2 saturated heterocycles. The molecule has 1 amide bonds. The van der Waals surface area contributed by atoms with Crippen LogP contribution in [0.25, 0.3) is 0 Å². The highest BCUT2D eigenvalue weighted by atomic mass is 16.2. The molecule has 2 aliphatic heterocycles. The standard InChI is InChI=1S/C15H25N5O/c1-10-15(11(2)19(3)18-10)17-14(21)9-20-7-12-5-4-6-16-13(12)8-20/h12-13,16H,4-9H2,1-3H3,(H,17,21)/t12-,13+/m0/s1. The van der Waals surface area contributed by atoms with Gasteiger partial charge >= 0.3 is 0 Å². The predicted octanol–water partition coefficient (Wildman–Crippen LogP) is 0.659. The lowest BCUT2D eigenvalue weighted by molar-refractivity contribution is -0.117. The van der Waals surface area contributed by atoms with Crippen LogP contribution >= 0.6 is 0 Å². The number of carbonyl (C=O) groups is 1. The quantitative estimate of drug-likeness (QED) is 0.859. The molecule has 3 rings (SSSR count). The van der Waals surface area contributed by atoms with Crippen molar-refractivity contribution in [3.05, 3.63) is 11.4 Å². The highest BCUT2D eigenvalue weighted by Crippen LogP contribution is 2.25. The highest BCUT2D eigenvalue weighted by molar-refractivity contribution is 5.93. The van der Waals surface area contributed by atoms with E-state index < -0.39 is 0 Å². The molecule has 2 aliphatic rings. The number of aryl methyl sites for hydroxylation is 2. The van der Waals surface area contributed by atoms with Crippen LogP contribution in [0.2, 0.25) is 0 Å². The van der Waals surface area contributed by atoms with Crippen molar-refractivity contribution in [3.63, 3.8) is 0 Å². The van der Waals surface area contributed by atoms with Crippen LogP contribution in [-0.2, 0) is 11.8 Å². The van der Waals surface area contributed by atoms with Crippen molar-refractivity contribution < 1.29 is 4.79 Å². The van der Waals surface area contributed by atoms with E-state index in [1.807, 2.05) is 20.9 Å². The number of hydrogen-bond donors (Lipinski definition) is 2. The molecular weight excluding hydrogens is 266 g/mol. The zero-order chi connectivity index (χ0) is 15.0. The molecule has 0 saturated carbocycles. The lowest BCUT2D eigenvalue weighted by atomic mass is 9.94. The number of piperidine rings is 1. The molecule has 0 radical (unpaired) electrons. The predicted molar refractivity (Wildman–Crippen MR) is 82.3 cm³/mol. The van der Waals surface area contributed by atoms with Gasteiger partial charge in [0.15, 0.2) is 0 Å². The molecule has 3 heterocycles. The maximum absolute atomic E-state index is 12.3. The fourth-order valence-corrected chi connectivity index (χ4v) is 3.60. The Balaban J connectivity index is 1.57. The Labute approximate surface area is 125 Å². The molecule has 21 heavy (non-hydrogen) atoms. The van der Waals surface area contributed by atoms with Crippen LogP contribution in [0.5, 0.6) is 0 Å². The van der Waals surface area contributed by atoms with E-state index in [9.17, 15) is 4.79 Å². The lowest BCUT2D eigenvalue weighted by Crippen LogP contribution is -2.41. The number of amides is 1. The number of rotatable bonds is 3. The third kappa shape index (κ3) is 2.96. The van der Waals surface area contributed by atoms with Crippen molar-refractivity contribution in [1.82, 2.24) is 20.0 Å². The number of likely N-dealkylation sites (tertiary alicyclic amines) is 1. The molecular formula is C15H25N5O. The summed E-state index contributed by atoms with van der Waals surface area (Å²) in [6, 6.07) is 0.577. The van der Waals surface area contributed by atoms with Gasteiger partial charge in [-0.2, -0.15) is 5.10 Å². The second-order valence-electron chi connectivity index (χ2n) is 6.37. The van der Waals surface area contributed by atoms with E-state index in [-0.39, 0.29) is 5.91 Å². The largest absolute Gasteiger partial charge is 0.322 e. The van der Waals surface area contributed by atoms with Crippen molar-refractivity contribution in [1.29, 1.82) is 0 Å². The Morgan fingerprint density at radius 3 is 2.90 bits per heavy atom. The number of nitrogens with zero attached hydrogens (tertiary/aromatic N) is 3. The monoisotopic (exact) mass is 291 g/mol. The van der Waals surface area contributed by atoms with E-state index in [2.05, 4.69) is 20.6 Å². The molecule has 0 aliphatic carbocycles. The Morgan fingerprint density at radius 2 is 2.24 bits per heavy atom. The summed E-state index contributed by atoms with van der Waals surface area (Å²) in [5.74, 6) is 0.779. The van der Waals surface area contributed by atoms with Crippen LogP contribution in [0.1, 0.15) is 24.2 Å². The van der Waals surface area contributed by atoms with Gasteiger partial charge in [-0.05, 0) is 39.2 Å². The molecule has 2 fully saturated rings. The second kappa shape index (κ2) is 5.77. The van der Waals surface area contributed by atoms with Gasteiger partial charge in [0.05, 0.1) is 23.6 Å². The Morgan fingerprint density at radius 1 is 1.43 bits per heavy atom. The van der Waals surface area contributed by atoms with E-state index in [1.54, 1.807) is 4.68 Å². The zero-order valence-corrected chi connectivity index (χ0v) is 13.1. The van der Waals surface area contributed by atoms with Gasteiger partial charge in [0.1, 0.15) is 0 Å². The Hall–Kier alpha value is -1.40. The first-order valence-electron chi connectivity index (χ1n) is 7.80. The summed E-state index contributed by atoms with van der Waals surface area (Å²) in [6.07, 6.45) is 2.55. The van der Waals surface area contributed by atoms with Crippen LogP contribution in [0.15, 0.2) is 0 Å². The summed E-state index contributed by atoms with van der Waals surface area (Å²) in [5.41, 5.74) is 2.73. The van der Waals surface area contributed by atoms with Crippen LogP contribution in [0.4, 0.5) is 5.69 Å². The minimum absolute atomic E-state index is 0.0628. The summed E-state index contributed by atoms with van der Waals surface area (Å²) in [7, 11) is 1.90. The maximum Gasteiger partial charge on any atom is 0.238 e. The fraction of sp³-hybridized carbons (Fsp3) is 0.733. The summed E-state index contributed by atoms with van der Waals surface area (Å²) in [5, 5.41) is 10.9. The molecule has 1 aromatic rings. The van der Waals surface area contributed by atoms with E-state index in [4.69, 9.17) is 0 Å². The van der Waals surface area contributed by atoms with Gasteiger partial charge in [-0.1, -0.05) is 0 Å². The molecule has 116 valence electrons. The third-order valence-corrected chi connectivity index (χ3v) is 4.82. The van der Waals surface area contributed by atoms with Crippen molar-refractivity contribution in [2.75, 3.05) is 31.5 Å². The van der Waals surface area contributed by atoms with Crippen LogP contribution in [-0.4, -0.2) is 52.8 Å². The Bertz CT molecular complexity index is 524. The summed E-state index contributed by atoms with van der Waals surface area (Å²) >= 11 is 0. The first-order chi connectivity index (χ1) is 10.0. The van der Waals surface area contributed by atoms with E-state index in [0.29, 0.717) is 18.5 Å². The molecule has 1 aromatic heterocycles. The first kappa shape index (κ1) is 14.5. The number of nitrogens with one attached hydrogen (secondary N) is 2. The van der Waals surface area contributed by atoms with Crippen LogP contribution in [0, 0.1) is 19.8 Å². The van der Waals surface area contributed by atoms with Gasteiger partial charge in [0.25, 0.3) is 0 Å². The molecule has 2 atom stereocenters. The van der Waals surface area contributed by atoms with Gasteiger partial charge < -0.3 is 10.6 Å². The van der Waals surface area contributed by atoms with Gasteiger partial charge in [0, 0.05) is 26.2 Å². The average molecular weight is 291 g/mol. The molecule has 2 N–H and O–H groups in total. The third-order valence-electron chi connectivity index (χ3n) is 4.82. The lowest BCUT2D eigenvalue weighted by Gasteiger charge is -2.24. The smallest absolute Gasteiger partial charge is 0.238 e. The SMILES string of the molecule is Cc1nn(C)c(C)c1NC(=O)CN1C[C@@H]2CCCN[C@@H]2C1. The van der Waals surface area contributed by atoms with Gasteiger partial charge in [0.2, 0.25) is 5.91 Å². The van der Waals surface area contributed by atoms with Crippen molar-refractivity contribution in [3.8, 4) is 0 Å². The van der Waals surface area contributed by atoms with Crippen molar-refractivity contribution in [2.45, 2.75) is 32.7 Å². The van der Waals surface area contributed by atoms with Crippen LogP contribution < -0.4 is 10.6 Å². The molecule has 6 nitrogen and oxygen atoms in total. The number of fused-ring (bicyclic) bond motifs is 1. The summed E-state index contributed by atoms with van der Waals surface area (Å²) in [6.45, 7) is 7.53. The zero-order valence-electron chi connectivity index (χ0n) is 13.1. The molecule has 0 aromatic carbocycles. The topological polar surface area (TPSA) is 62.2 Å². The maximum atomic E-state index is 12.3. The number of aromatic nitrogens is 2. The number of carbonyl (C=O) groups excluding carboxylic acids is 1. The highest BCUT2D eigenvalue weighted by Gasteiger charge is 2.34. The summed E-state index contributed by atoms with van der Waals surface area (Å²) in [4.78, 5) is 14.5. The molecule has 6 heteroatoms. The van der Waals surface area contributed by atoms with Gasteiger partial charge in [-0.15, -0.1) is 0 Å². The van der Waals surface area contributed by atoms with Gasteiger partial charge in [-0.3, -0.25) is 14.4 Å². The van der Waals surface area contributed by atoms with Crippen molar-refractivity contribution in [2.24, 2.45) is 13.0 Å². The second-order valence-corrected chi connectivity index (χ2v) is 6.37. The summed E-state index contributed by atoms with van der Waals surface area (Å²) < 4.78 is 1.80. The van der Waals surface area contributed by atoms with E-state index >= 15 is 0 Å². The minimum atomic E-state index is 0.0628. The minimum Gasteiger partial charge on any atom is -0.322 e. The molecule has 0 unspecified atom stereocenters. The molecule has 0 spiro atoms. The van der Waals surface area contributed by atoms with Crippen LogP contribution in [0.3, 0.4) is 0 Å².